The first kappa shape index (κ1) is 19.2. The Morgan fingerprint density at radius 3 is 2.17 bits per heavy atom. The number of nitrogens with zero attached hydrogens (tertiary/aromatic N) is 2. The number of benzene rings is 2. The van der Waals surface area contributed by atoms with Gasteiger partial charge < -0.3 is 9.64 Å². The summed E-state index contributed by atoms with van der Waals surface area (Å²) in [7, 11) is 0. The van der Waals surface area contributed by atoms with Crippen LogP contribution in [0.4, 0.5) is 10.1 Å². The normalized spacial score (nSPS) is 17.3. The number of hydrogen-bond acceptors (Lipinski definition) is 4. The first-order valence-electron chi connectivity index (χ1n) is 9.97. The molecule has 1 saturated heterocycles. The van der Waals surface area contributed by atoms with Gasteiger partial charge in [0.25, 0.3) is 11.8 Å². The maximum absolute atomic E-state index is 13.4. The molecule has 0 atom stereocenters. The van der Waals surface area contributed by atoms with E-state index in [-0.39, 0.29) is 11.8 Å². The van der Waals surface area contributed by atoms with E-state index in [1.165, 1.54) is 24.3 Å². The minimum atomic E-state index is -0.413. The molecule has 0 saturated carbocycles. The number of rotatable bonds is 5. The average Bonchev–Trinajstić information content (AvgIpc) is 3.00. The fourth-order valence-corrected chi connectivity index (χ4v) is 3.90. The smallest absolute Gasteiger partial charge is 0.282 e. The van der Waals surface area contributed by atoms with Crippen LogP contribution >= 0.6 is 0 Å². The highest BCUT2D eigenvalue weighted by Gasteiger charge is 2.42. The van der Waals surface area contributed by atoms with E-state index in [1.54, 1.807) is 12.1 Å². The fraction of sp³-hybridized carbons (Fsp3) is 0.304. The monoisotopic (exact) mass is 394 g/mol. The van der Waals surface area contributed by atoms with Gasteiger partial charge in [0.05, 0.1) is 17.9 Å². The lowest BCUT2D eigenvalue weighted by atomic mass is 10.0. The SMILES string of the molecule is CCOc1ccc(C2=C(N3CCCCC3)C(=O)N(c3ccc(F)cc3)C2=O)cc1. The van der Waals surface area contributed by atoms with Gasteiger partial charge in [-0.1, -0.05) is 12.1 Å². The molecule has 5 nitrogen and oxygen atoms in total. The van der Waals surface area contributed by atoms with Crippen molar-refractivity contribution in [2.75, 3.05) is 24.6 Å². The molecule has 2 aliphatic heterocycles. The van der Waals surface area contributed by atoms with Crippen molar-refractivity contribution in [1.82, 2.24) is 4.90 Å². The molecule has 0 aliphatic carbocycles. The molecule has 2 aromatic carbocycles. The van der Waals surface area contributed by atoms with Crippen LogP contribution in [0.25, 0.3) is 5.57 Å². The molecule has 0 spiro atoms. The van der Waals surface area contributed by atoms with Crippen LogP contribution in [-0.2, 0) is 9.59 Å². The number of amides is 2. The van der Waals surface area contributed by atoms with Gasteiger partial charge in [0.15, 0.2) is 0 Å². The molecule has 29 heavy (non-hydrogen) atoms. The van der Waals surface area contributed by atoms with Crippen molar-refractivity contribution >= 4 is 23.1 Å². The second kappa shape index (κ2) is 8.07. The first-order valence-corrected chi connectivity index (χ1v) is 9.97. The fourth-order valence-electron chi connectivity index (χ4n) is 3.90. The van der Waals surface area contributed by atoms with Crippen molar-refractivity contribution in [1.29, 1.82) is 0 Å². The van der Waals surface area contributed by atoms with E-state index < -0.39 is 5.82 Å². The third-order valence-electron chi connectivity index (χ3n) is 5.27. The molecule has 1 fully saturated rings. The van der Waals surface area contributed by atoms with Gasteiger partial charge in [-0.25, -0.2) is 9.29 Å². The van der Waals surface area contributed by atoms with Crippen LogP contribution in [0.3, 0.4) is 0 Å². The zero-order valence-electron chi connectivity index (χ0n) is 16.4. The van der Waals surface area contributed by atoms with Crippen LogP contribution in [0.2, 0.25) is 0 Å². The molecule has 2 heterocycles. The van der Waals surface area contributed by atoms with Crippen molar-refractivity contribution in [3.63, 3.8) is 0 Å². The molecule has 0 N–H and O–H groups in total. The predicted octanol–water partition coefficient (Wildman–Crippen LogP) is 3.99. The minimum Gasteiger partial charge on any atom is -0.494 e. The van der Waals surface area contributed by atoms with E-state index in [0.29, 0.717) is 34.9 Å². The number of halogens is 1. The summed E-state index contributed by atoms with van der Waals surface area (Å²) in [6.45, 7) is 3.94. The van der Waals surface area contributed by atoms with Crippen molar-refractivity contribution in [3.8, 4) is 5.75 Å². The summed E-state index contributed by atoms with van der Waals surface area (Å²) in [5.41, 5.74) is 1.88. The van der Waals surface area contributed by atoms with E-state index in [2.05, 4.69) is 0 Å². The van der Waals surface area contributed by atoms with E-state index in [0.717, 1.165) is 37.3 Å². The van der Waals surface area contributed by atoms with E-state index in [4.69, 9.17) is 4.74 Å². The molecular formula is C23H23FN2O3. The number of hydrogen-bond donors (Lipinski definition) is 0. The van der Waals surface area contributed by atoms with Gasteiger partial charge in [-0.2, -0.15) is 0 Å². The molecule has 0 bridgehead atoms. The van der Waals surface area contributed by atoms with Gasteiger partial charge in [0, 0.05) is 13.1 Å². The Morgan fingerprint density at radius 1 is 0.897 bits per heavy atom. The third kappa shape index (κ3) is 3.62. The molecule has 0 radical (unpaired) electrons. The second-order valence-corrected chi connectivity index (χ2v) is 7.15. The van der Waals surface area contributed by atoms with Crippen LogP contribution in [-0.4, -0.2) is 36.4 Å². The Balaban J connectivity index is 1.77. The Labute approximate surface area is 169 Å². The van der Waals surface area contributed by atoms with Gasteiger partial charge in [-0.15, -0.1) is 0 Å². The maximum Gasteiger partial charge on any atom is 0.282 e. The Kier molecular flexibility index (Phi) is 5.34. The summed E-state index contributed by atoms with van der Waals surface area (Å²) in [5.74, 6) is -0.439. The lowest BCUT2D eigenvalue weighted by molar-refractivity contribution is -0.120. The standard InChI is InChI=1S/C23H23FN2O3/c1-2-29-19-12-6-16(7-13-19)20-21(25-14-4-3-5-15-25)23(28)26(22(20)27)18-10-8-17(24)9-11-18/h6-13H,2-5,14-15H2,1H3. The molecule has 2 amide bonds. The Morgan fingerprint density at radius 2 is 1.55 bits per heavy atom. The van der Waals surface area contributed by atoms with Gasteiger partial charge in [0.2, 0.25) is 0 Å². The van der Waals surface area contributed by atoms with Gasteiger partial charge >= 0.3 is 0 Å². The highest BCUT2D eigenvalue weighted by molar-refractivity contribution is 6.45. The molecule has 2 aromatic rings. The van der Waals surface area contributed by atoms with Gasteiger partial charge in [0.1, 0.15) is 17.3 Å². The zero-order valence-corrected chi connectivity index (χ0v) is 16.4. The quantitative estimate of drug-likeness (QED) is 0.720. The minimum absolute atomic E-state index is 0.354. The van der Waals surface area contributed by atoms with Crippen LogP contribution in [0.1, 0.15) is 31.7 Å². The molecule has 4 rings (SSSR count). The summed E-state index contributed by atoms with van der Waals surface area (Å²) < 4.78 is 18.9. The van der Waals surface area contributed by atoms with Crippen molar-refractivity contribution < 1.29 is 18.7 Å². The lowest BCUT2D eigenvalue weighted by Crippen LogP contribution is -2.37. The van der Waals surface area contributed by atoms with Gasteiger partial charge in [-0.3, -0.25) is 9.59 Å². The van der Waals surface area contributed by atoms with Crippen molar-refractivity contribution in [2.24, 2.45) is 0 Å². The van der Waals surface area contributed by atoms with E-state index >= 15 is 0 Å². The second-order valence-electron chi connectivity index (χ2n) is 7.15. The predicted molar refractivity (Wildman–Crippen MR) is 109 cm³/mol. The first-order chi connectivity index (χ1) is 14.1. The highest BCUT2D eigenvalue weighted by atomic mass is 19.1. The number of likely N-dealkylation sites (tertiary alicyclic amines) is 1. The Bertz CT molecular complexity index is 945. The average molecular weight is 394 g/mol. The largest absolute Gasteiger partial charge is 0.494 e. The van der Waals surface area contributed by atoms with Crippen LogP contribution in [0.5, 0.6) is 5.75 Å². The van der Waals surface area contributed by atoms with Crippen LogP contribution in [0, 0.1) is 5.82 Å². The number of ether oxygens (including phenoxy) is 1. The topological polar surface area (TPSA) is 49.9 Å². The van der Waals surface area contributed by atoms with Crippen molar-refractivity contribution in [3.05, 3.63) is 65.6 Å². The van der Waals surface area contributed by atoms with E-state index in [1.807, 2.05) is 24.0 Å². The summed E-state index contributed by atoms with van der Waals surface area (Å²) in [6.07, 6.45) is 3.09. The summed E-state index contributed by atoms with van der Waals surface area (Å²) in [4.78, 5) is 29.9. The number of carbonyl (C=O) groups excluding carboxylic acids is 2. The number of imide groups is 1. The number of anilines is 1. The number of piperidine rings is 1. The van der Waals surface area contributed by atoms with Crippen molar-refractivity contribution in [2.45, 2.75) is 26.2 Å². The Hall–Kier alpha value is -3.15. The molecule has 2 aliphatic rings. The van der Waals surface area contributed by atoms with E-state index in [9.17, 15) is 14.0 Å². The summed E-state index contributed by atoms with van der Waals surface area (Å²) in [5, 5.41) is 0. The lowest BCUT2D eigenvalue weighted by Gasteiger charge is -2.29. The van der Waals surface area contributed by atoms with Gasteiger partial charge in [-0.05, 0) is 68.1 Å². The molecule has 150 valence electrons. The third-order valence-corrected chi connectivity index (χ3v) is 5.27. The molecular weight excluding hydrogens is 371 g/mol. The molecule has 6 heteroatoms. The zero-order chi connectivity index (χ0) is 20.4. The maximum atomic E-state index is 13.4. The summed E-state index contributed by atoms with van der Waals surface area (Å²) in [6, 6.07) is 12.7. The molecule has 0 unspecified atom stereocenters. The molecule has 0 aromatic heterocycles. The van der Waals surface area contributed by atoms with Crippen LogP contribution in [0.15, 0.2) is 54.2 Å². The van der Waals surface area contributed by atoms with Crippen LogP contribution < -0.4 is 9.64 Å². The number of carbonyl (C=O) groups is 2. The summed E-state index contributed by atoms with van der Waals surface area (Å²) >= 11 is 0. The highest BCUT2D eigenvalue weighted by Crippen LogP contribution is 2.36.